The number of aliphatic imine (C=N–C) groups is 1. The third-order valence-corrected chi connectivity index (χ3v) is 2.51. The van der Waals surface area contributed by atoms with Crippen molar-refractivity contribution in [2.45, 2.75) is 32.6 Å². The van der Waals surface area contributed by atoms with Gasteiger partial charge in [0.2, 0.25) is 0 Å². The first-order chi connectivity index (χ1) is 5.77. The van der Waals surface area contributed by atoms with Gasteiger partial charge < -0.3 is 0 Å². The molecule has 0 atom stereocenters. The molecule has 0 spiro atoms. The molecule has 1 fully saturated rings. The SMILES string of the molecule is C=NCNOCC1(C)CCCC1. The highest BCUT2D eigenvalue weighted by Crippen LogP contribution is 2.37. The Hall–Kier alpha value is -0.410. The number of nitrogens with zero attached hydrogens (tertiary/aromatic N) is 1. The van der Waals surface area contributed by atoms with Gasteiger partial charge in [-0.1, -0.05) is 19.8 Å². The normalized spacial score (nSPS) is 21.1. The first-order valence-electron chi connectivity index (χ1n) is 4.54. The third kappa shape index (κ3) is 2.91. The Morgan fingerprint density at radius 2 is 2.17 bits per heavy atom. The summed E-state index contributed by atoms with van der Waals surface area (Å²) in [5.74, 6) is 0. The maximum atomic E-state index is 5.28. The van der Waals surface area contributed by atoms with E-state index in [1.165, 1.54) is 25.7 Å². The zero-order valence-corrected chi connectivity index (χ0v) is 7.81. The summed E-state index contributed by atoms with van der Waals surface area (Å²) in [6, 6.07) is 0. The van der Waals surface area contributed by atoms with Gasteiger partial charge in [-0.3, -0.25) is 9.83 Å². The topological polar surface area (TPSA) is 33.6 Å². The number of hydrogen-bond donors (Lipinski definition) is 1. The van der Waals surface area contributed by atoms with Gasteiger partial charge in [0.25, 0.3) is 0 Å². The lowest BCUT2D eigenvalue weighted by atomic mass is 9.90. The van der Waals surface area contributed by atoms with Gasteiger partial charge in [-0.15, -0.1) is 0 Å². The van der Waals surface area contributed by atoms with E-state index in [0.29, 0.717) is 12.1 Å². The second-order valence-electron chi connectivity index (χ2n) is 3.83. The lowest BCUT2D eigenvalue weighted by Crippen LogP contribution is -2.25. The monoisotopic (exact) mass is 170 g/mol. The summed E-state index contributed by atoms with van der Waals surface area (Å²) in [5, 5.41) is 0. The molecule has 0 bridgehead atoms. The van der Waals surface area contributed by atoms with E-state index < -0.39 is 0 Å². The first kappa shape index (κ1) is 9.68. The van der Waals surface area contributed by atoms with Crippen LogP contribution in [0, 0.1) is 5.41 Å². The van der Waals surface area contributed by atoms with Crippen LogP contribution in [0.5, 0.6) is 0 Å². The molecule has 0 aromatic heterocycles. The van der Waals surface area contributed by atoms with Crippen molar-refractivity contribution < 1.29 is 4.84 Å². The van der Waals surface area contributed by atoms with Crippen molar-refractivity contribution in [1.82, 2.24) is 5.48 Å². The van der Waals surface area contributed by atoms with Crippen LogP contribution in [0.1, 0.15) is 32.6 Å². The van der Waals surface area contributed by atoms with E-state index in [1.54, 1.807) is 0 Å². The number of rotatable bonds is 5. The van der Waals surface area contributed by atoms with E-state index in [-0.39, 0.29) is 0 Å². The molecule has 1 rings (SSSR count). The third-order valence-electron chi connectivity index (χ3n) is 2.51. The van der Waals surface area contributed by atoms with Crippen LogP contribution in [0.3, 0.4) is 0 Å². The Bertz CT molecular complexity index is 141. The molecule has 12 heavy (non-hydrogen) atoms. The Morgan fingerprint density at radius 1 is 1.50 bits per heavy atom. The zero-order chi connectivity index (χ0) is 8.86. The highest BCUT2D eigenvalue weighted by Gasteiger charge is 2.28. The molecular formula is C9H18N2O. The Labute approximate surface area is 74.2 Å². The maximum absolute atomic E-state index is 5.28. The maximum Gasteiger partial charge on any atom is 0.111 e. The highest BCUT2D eigenvalue weighted by atomic mass is 16.6. The minimum atomic E-state index is 0.397. The Kier molecular flexibility index (Phi) is 3.69. The molecule has 3 heteroatoms. The van der Waals surface area contributed by atoms with Gasteiger partial charge in [-0.2, -0.15) is 5.48 Å². The molecular weight excluding hydrogens is 152 g/mol. The van der Waals surface area contributed by atoms with Gasteiger partial charge in [0.05, 0.1) is 6.61 Å². The minimum Gasteiger partial charge on any atom is -0.299 e. The van der Waals surface area contributed by atoms with E-state index in [9.17, 15) is 0 Å². The van der Waals surface area contributed by atoms with Crippen LogP contribution < -0.4 is 5.48 Å². The molecule has 3 nitrogen and oxygen atoms in total. The van der Waals surface area contributed by atoms with E-state index in [0.717, 1.165) is 6.61 Å². The predicted octanol–water partition coefficient (Wildman–Crippen LogP) is 1.75. The number of hydroxylamine groups is 1. The molecule has 0 saturated heterocycles. The van der Waals surface area contributed by atoms with E-state index >= 15 is 0 Å². The molecule has 1 aliphatic rings. The van der Waals surface area contributed by atoms with E-state index in [4.69, 9.17) is 4.84 Å². The fraction of sp³-hybridized carbons (Fsp3) is 0.889. The van der Waals surface area contributed by atoms with Crippen molar-refractivity contribution in [1.29, 1.82) is 0 Å². The Balaban J connectivity index is 2.08. The van der Waals surface area contributed by atoms with Crippen LogP contribution in [0.25, 0.3) is 0 Å². The lowest BCUT2D eigenvalue weighted by molar-refractivity contribution is -0.0110. The molecule has 1 N–H and O–H groups in total. The smallest absolute Gasteiger partial charge is 0.111 e. The second kappa shape index (κ2) is 4.58. The van der Waals surface area contributed by atoms with Crippen LogP contribution in [-0.4, -0.2) is 20.0 Å². The molecule has 1 saturated carbocycles. The fourth-order valence-corrected chi connectivity index (χ4v) is 1.69. The van der Waals surface area contributed by atoms with Crippen molar-refractivity contribution >= 4 is 6.72 Å². The van der Waals surface area contributed by atoms with Crippen LogP contribution in [0.15, 0.2) is 4.99 Å². The minimum absolute atomic E-state index is 0.397. The second-order valence-corrected chi connectivity index (χ2v) is 3.83. The quantitative estimate of drug-likeness (QED) is 0.387. The molecule has 70 valence electrons. The van der Waals surface area contributed by atoms with Crippen LogP contribution >= 0.6 is 0 Å². The van der Waals surface area contributed by atoms with Crippen LogP contribution in [0.2, 0.25) is 0 Å². The summed E-state index contributed by atoms with van der Waals surface area (Å²) >= 11 is 0. The van der Waals surface area contributed by atoms with Crippen molar-refractivity contribution in [3.63, 3.8) is 0 Å². The molecule has 1 aliphatic carbocycles. The van der Waals surface area contributed by atoms with Gasteiger partial charge in [0.1, 0.15) is 6.67 Å². The molecule has 0 radical (unpaired) electrons. The highest BCUT2D eigenvalue weighted by molar-refractivity contribution is 5.22. The van der Waals surface area contributed by atoms with Crippen molar-refractivity contribution in [2.75, 3.05) is 13.3 Å². The summed E-state index contributed by atoms with van der Waals surface area (Å²) in [7, 11) is 0. The van der Waals surface area contributed by atoms with Gasteiger partial charge >= 0.3 is 0 Å². The largest absolute Gasteiger partial charge is 0.299 e. The molecule has 0 amide bonds. The number of hydrogen-bond acceptors (Lipinski definition) is 3. The predicted molar refractivity (Wildman–Crippen MR) is 50.1 cm³/mol. The van der Waals surface area contributed by atoms with Gasteiger partial charge in [-0.05, 0) is 25.0 Å². The molecule has 0 aliphatic heterocycles. The lowest BCUT2D eigenvalue weighted by Gasteiger charge is -2.22. The molecule has 0 aromatic rings. The summed E-state index contributed by atoms with van der Waals surface area (Å²) in [6.07, 6.45) is 5.27. The van der Waals surface area contributed by atoms with Crippen LogP contribution in [-0.2, 0) is 4.84 Å². The molecule has 0 aromatic carbocycles. The van der Waals surface area contributed by atoms with E-state index in [2.05, 4.69) is 24.1 Å². The summed E-state index contributed by atoms with van der Waals surface area (Å²) in [6.45, 7) is 6.91. The average Bonchev–Trinajstić information content (AvgIpc) is 2.47. The summed E-state index contributed by atoms with van der Waals surface area (Å²) in [5.41, 5.74) is 3.15. The summed E-state index contributed by atoms with van der Waals surface area (Å²) < 4.78 is 0. The van der Waals surface area contributed by atoms with Gasteiger partial charge in [0, 0.05) is 0 Å². The van der Waals surface area contributed by atoms with Crippen molar-refractivity contribution in [3.8, 4) is 0 Å². The fourth-order valence-electron chi connectivity index (χ4n) is 1.69. The average molecular weight is 170 g/mol. The first-order valence-corrected chi connectivity index (χ1v) is 4.54. The number of nitrogens with one attached hydrogen (secondary N) is 1. The van der Waals surface area contributed by atoms with Gasteiger partial charge in [0.15, 0.2) is 0 Å². The molecule has 0 heterocycles. The van der Waals surface area contributed by atoms with Crippen LogP contribution in [0.4, 0.5) is 0 Å². The van der Waals surface area contributed by atoms with Gasteiger partial charge in [-0.25, -0.2) is 0 Å². The Morgan fingerprint density at radius 3 is 2.75 bits per heavy atom. The standard InChI is InChI=1S/C9H18N2O/c1-9(5-3-4-6-9)7-12-11-8-10-2/h11H,2-8H2,1H3. The zero-order valence-electron chi connectivity index (χ0n) is 7.81. The molecule has 0 unspecified atom stereocenters. The summed E-state index contributed by atoms with van der Waals surface area (Å²) in [4.78, 5) is 8.91. The van der Waals surface area contributed by atoms with Crippen molar-refractivity contribution in [3.05, 3.63) is 0 Å². The van der Waals surface area contributed by atoms with E-state index in [1.807, 2.05) is 0 Å². The van der Waals surface area contributed by atoms with Crippen molar-refractivity contribution in [2.24, 2.45) is 10.4 Å².